The predicted octanol–water partition coefficient (Wildman–Crippen LogP) is 2.05. The summed E-state index contributed by atoms with van der Waals surface area (Å²) in [5, 5.41) is 14.3. The van der Waals surface area contributed by atoms with Gasteiger partial charge < -0.3 is 10.6 Å². The summed E-state index contributed by atoms with van der Waals surface area (Å²) in [5.41, 5.74) is 2.68. The summed E-state index contributed by atoms with van der Waals surface area (Å²) in [5.74, 6) is -0.178. The van der Waals surface area contributed by atoms with Crippen molar-refractivity contribution in [1.29, 1.82) is 0 Å². The van der Waals surface area contributed by atoms with Crippen LogP contribution in [0.5, 0.6) is 0 Å². The standard InChI is InChI=1S/C18H21N5O2S/c1-9(2)14-11(7-20-16-15(14)18(25)23-22-16)17(24)21-8-12-10-4-6-26-13(10)3-5-19-12/h4,6-7,9,12,19H,3,5,8H2,1-2H3,(H,21,24)(H2,20,22,23,25). The van der Waals surface area contributed by atoms with Gasteiger partial charge in [0.25, 0.3) is 11.5 Å². The number of rotatable bonds is 4. The van der Waals surface area contributed by atoms with Crippen molar-refractivity contribution in [3.63, 3.8) is 0 Å². The van der Waals surface area contributed by atoms with Gasteiger partial charge in [-0.2, -0.15) is 0 Å². The number of fused-ring (bicyclic) bond motifs is 2. The minimum absolute atomic E-state index is 0.0226. The van der Waals surface area contributed by atoms with E-state index in [0.717, 1.165) is 18.5 Å². The molecule has 0 fully saturated rings. The van der Waals surface area contributed by atoms with E-state index in [-0.39, 0.29) is 23.4 Å². The highest BCUT2D eigenvalue weighted by Gasteiger charge is 2.24. The zero-order valence-corrected chi connectivity index (χ0v) is 15.5. The number of amides is 1. The van der Waals surface area contributed by atoms with E-state index >= 15 is 0 Å². The SMILES string of the molecule is CC(C)c1c(C(=O)NCC2NCCc3sccc32)cnc2[nH][nH]c(=O)c12. The summed E-state index contributed by atoms with van der Waals surface area (Å²) in [7, 11) is 0. The molecule has 4 rings (SSSR count). The minimum atomic E-state index is -0.247. The van der Waals surface area contributed by atoms with Crippen LogP contribution in [-0.2, 0) is 6.42 Å². The topological polar surface area (TPSA) is 103 Å². The lowest BCUT2D eigenvalue weighted by Crippen LogP contribution is -2.38. The Morgan fingerprint density at radius 2 is 2.27 bits per heavy atom. The van der Waals surface area contributed by atoms with Gasteiger partial charge in [-0.05, 0) is 34.9 Å². The predicted molar refractivity (Wildman–Crippen MR) is 102 cm³/mol. The van der Waals surface area contributed by atoms with Gasteiger partial charge in [-0.1, -0.05) is 13.8 Å². The second kappa shape index (κ2) is 6.69. The molecule has 1 atom stereocenters. The number of aromatic nitrogens is 3. The van der Waals surface area contributed by atoms with Crippen LogP contribution in [0, 0.1) is 0 Å². The van der Waals surface area contributed by atoms with E-state index in [4.69, 9.17) is 0 Å². The van der Waals surface area contributed by atoms with Crippen molar-refractivity contribution in [2.24, 2.45) is 0 Å². The molecular formula is C18H21N5O2S. The van der Waals surface area contributed by atoms with Gasteiger partial charge in [-0.15, -0.1) is 11.3 Å². The summed E-state index contributed by atoms with van der Waals surface area (Å²) < 4.78 is 0. The van der Waals surface area contributed by atoms with E-state index < -0.39 is 0 Å². The maximum atomic E-state index is 12.8. The third-order valence-corrected chi connectivity index (χ3v) is 5.82. The summed E-state index contributed by atoms with van der Waals surface area (Å²) in [4.78, 5) is 30.6. The molecule has 0 saturated carbocycles. The van der Waals surface area contributed by atoms with Crippen LogP contribution in [0.2, 0.25) is 0 Å². The van der Waals surface area contributed by atoms with Crippen molar-refractivity contribution in [1.82, 2.24) is 25.8 Å². The van der Waals surface area contributed by atoms with Crippen LogP contribution in [0.4, 0.5) is 0 Å². The Balaban J connectivity index is 1.60. The number of carbonyl (C=O) groups excluding carboxylic acids is 1. The van der Waals surface area contributed by atoms with Gasteiger partial charge in [0.2, 0.25) is 0 Å². The Kier molecular flexibility index (Phi) is 4.37. The molecule has 0 spiro atoms. The molecule has 1 unspecified atom stereocenters. The first kappa shape index (κ1) is 17.0. The van der Waals surface area contributed by atoms with E-state index in [2.05, 4.69) is 37.3 Å². The molecule has 0 aliphatic carbocycles. The Morgan fingerprint density at radius 3 is 3.08 bits per heavy atom. The first-order chi connectivity index (χ1) is 12.6. The van der Waals surface area contributed by atoms with Gasteiger partial charge >= 0.3 is 0 Å². The molecule has 4 N–H and O–H groups in total. The Labute approximate surface area is 154 Å². The molecule has 26 heavy (non-hydrogen) atoms. The molecule has 0 aromatic carbocycles. The molecule has 1 aliphatic heterocycles. The maximum absolute atomic E-state index is 12.8. The largest absolute Gasteiger partial charge is 0.350 e. The highest BCUT2D eigenvalue weighted by atomic mass is 32.1. The van der Waals surface area contributed by atoms with Crippen LogP contribution in [0.3, 0.4) is 0 Å². The number of hydrogen-bond donors (Lipinski definition) is 4. The molecule has 3 aromatic rings. The van der Waals surface area contributed by atoms with Crippen molar-refractivity contribution in [3.05, 3.63) is 49.6 Å². The molecule has 1 aliphatic rings. The van der Waals surface area contributed by atoms with Gasteiger partial charge in [0.05, 0.1) is 17.0 Å². The van der Waals surface area contributed by atoms with Gasteiger partial charge in [0, 0.05) is 24.2 Å². The second-order valence-corrected chi connectivity index (χ2v) is 7.81. The Morgan fingerprint density at radius 1 is 1.42 bits per heavy atom. The molecular weight excluding hydrogens is 350 g/mol. The average Bonchev–Trinajstić information content (AvgIpc) is 3.26. The van der Waals surface area contributed by atoms with Crippen LogP contribution in [0.25, 0.3) is 11.0 Å². The molecule has 0 bridgehead atoms. The summed E-state index contributed by atoms with van der Waals surface area (Å²) in [6.07, 6.45) is 2.58. The normalized spacial score (nSPS) is 16.8. The fourth-order valence-electron chi connectivity index (χ4n) is 3.62. The van der Waals surface area contributed by atoms with Crippen molar-refractivity contribution >= 4 is 28.3 Å². The zero-order chi connectivity index (χ0) is 18.3. The summed E-state index contributed by atoms with van der Waals surface area (Å²) in [6.45, 7) is 5.36. The molecule has 8 heteroatoms. The lowest BCUT2D eigenvalue weighted by molar-refractivity contribution is 0.0947. The smallest absolute Gasteiger partial charge is 0.273 e. The number of pyridine rings is 1. The van der Waals surface area contributed by atoms with Crippen LogP contribution in [0.1, 0.15) is 52.2 Å². The number of carbonyl (C=O) groups is 1. The highest BCUT2D eigenvalue weighted by Crippen LogP contribution is 2.28. The first-order valence-corrected chi connectivity index (χ1v) is 9.61. The van der Waals surface area contributed by atoms with Crippen molar-refractivity contribution in [2.75, 3.05) is 13.1 Å². The van der Waals surface area contributed by atoms with Gasteiger partial charge in [-0.3, -0.25) is 19.8 Å². The molecule has 3 aromatic heterocycles. The third-order valence-electron chi connectivity index (χ3n) is 4.83. The zero-order valence-electron chi connectivity index (χ0n) is 14.7. The third kappa shape index (κ3) is 2.85. The molecule has 136 valence electrons. The number of H-pyrrole nitrogens is 2. The molecule has 4 heterocycles. The van der Waals surface area contributed by atoms with Crippen molar-refractivity contribution < 1.29 is 4.79 Å². The van der Waals surface area contributed by atoms with E-state index in [1.54, 1.807) is 17.5 Å². The first-order valence-electron chi connectivity index (χ1n) is 8.73. The lowest BCUT2D eigenvalue weighted by atomic mass is 9.95. The van der Waals surface area contributed by atoms with E-state index in [1.165, 1.54) is 10.4 Å². The fraction of sp³-hybridized carbons (Fsp3) is 0.389. The summed E-state index contributed by atoms with van der Waals surface area (Å²) in [6, 6.07) is 2.24. The van der Waals surface area contributed by atoms with Crippen LogP contribution < -0.4 is 16.2 Å². The van der Waals surface area contributed by atoms with Gasteiger partial charge in [0.1, 0.15) is 0 Å². The van der Waals surface area contributed by atoms with Gasteiger partial charge in [0.15, 0.2) is 5.65 Å². The van der Waals surface area contributed by atoms with Crippen LogP contribution >= 0.6 is 11.3 Å². The molecule has 0 saturated heterocycles. The lowest BCUT2D eigenvalue weighted by Gasteiger charge is -2.24. The Hall–Kier alpha value is -2.45. The molecule has 7 nitrogen and oxygen atoms in total. The number of nitrogens with zero attached hydrogens (tertiary/aromatic N) is 1. The molecule has 1 amide bonds. The quantitative estimate of drug-likeness (QED) is 0.564. The molecule has 0 radical (unpaired) electrons. The van der Waals surface area contributed by atoms with E-state index in [0.29, 0.717) is 23.1 Å². The maximum Gasteiger partial charge on any atom is 0.273 e. The minimum Gasteiger partial charge on any atom is -0.350 e. The highest BCUT2D eigenvalue weighted by molar-refractivity contribution is 7.10. The number of aromatic amines is 2. The van der Waals surface area contributed by atoms with E-state index in [9.17, 15) is 9.59 Å². The average molecular weight is 371 g/mol. The number of hydrogen-bond acceptors (Lipinski definition) is 5. The van der Waals surface area contributed by atoms with E-state index in [1.807, 2.05) is 13.8 Å². The Bertz CT molecular complexity index is 1020. The monoisotopic (exact) mass is 371 g/mol. The van der Waals surface area contributed by atoms with Crippen LogP contribution in [-0.4, -0.2) is 34.2 Å². The van der Waals surface area contributed by atoms with Crippen molar-refractivity contribution in [3.8, 4) is 0 Å². The summed E-state index contributed by atoms with van der Waals surface area (Å²) >= 11 is 1.77. The number of nitrogens with one attached hydrogen (secondary N) is 4. The van der Waals surface area contributed by atoms with Crippen LogP contribution in [0.15, 0.2) is 22.4 Å². The fourth-order valence-corrected chi connectivity index (χ4v) is 4.56. The second-order valence-electron chi connectivity index (χ2n) is 6.81. The van der Waals surface area contributed by atoms with Gasteiger partial charge in [-0.25, -0.2) is 4.98 Å². The number of thiophene rings is 1. The van der Waals surface area contributed by atoms with Crippen molar-refractivity contribution in [2.45, 2.75) is 32.2 Å².